The number of nitrogens with one attached hydrogen (secondary N) is 1. The monoisotopic (exact) mass is 527 g/mol. The standard InChI is InChI=1S/C31H29NO5S/c33-23-9-15-26(16-10-23)38-27-14-8-21-18-25(13-7-22(21)19-27)37-24-11-5-20(6-12-24)17-30(34)32-29-4-2-1-3-28(29)31(35)36/h1-8,11-14,18-19,23,26,33H,9-10,15-17H2,(H,32,34)(H,35,36). The Labute approximate surface area is 225 Å². The highest BCUT2D eigenvalue weighted by molar-refractivity contribution is 8.00. The lowest BCUT2D eigenvalue weighted by atomic mass is 9.97. The minimum Gasteiger partial charge on any atom is -0.478 e. The van der Waals surface area contributed by atoms with Gasteiger partial charge in [0.25, 0.3) is 0 Å². The molecule has 4 aromatic carbocycles. The highest BCUT2D eigenvalue weighted by atomic mass is 32.2. The molecular formula is C31H29NO5S. The number of aromatic carboxylic acids is 1. The first kappa shape index (κ1) is 25.8. The number of aliphatic hydroxyl groups is 1. The number of fused-ring (bicyclic) bond motifs is 1. The number of para-hydroxylation sites is 1. The summed E-state index contributed by atoms with van der Waals surface area (Å²) >= 11 is 1.90. The molecule has 194 valence electrons. The molecule has 4 aromatic rings. The van der Waals surface area contributed by atoms with Gasteiger partial charge in [-0.1, -0.05) is 36.4 Å². The van der Waals surface area contributed by atoms with Crippen molar-refractivity contribution in [1.82, 2.24) is 0 Å². The second-order valence-corrected chi connectivity index (χ2v) is 10.9. The van der Waals surface area contributed by atoms with Gasteiger partial charge in [0.2, 0.25) is 5.91 Å². The number of carbonyl (C=O) groups excluding carboxylic acids is 1. The quantitative estimate of drug-likeness (QED) is 0.231. The van der Waals surface area contributed by atoms with Crippen LogP contribution in [-0.2, 0) is 11.2 Å². The summed E-state index contributed by atoms with van der Waals surface area (Å²) in [5, 5.41) is 24.5. The first-order valence-corrected chi connectivity index (χ1v) is 13.6. The van der Waals surface area contributed by atoms with Crippen molar-refractivity contribution in [3.63, 3.8) is 0 Å². The van der Waals surface area contributed by atoms with E-state index in [0.29, 0.717) is 11.0 Å². The predicted octanol–water partition coefficient (Wildman–Crippen LogP) is 6.91. The Bertz CT molecular complexity index is 1440. The van der Waals surface area contributed by atoms with Gasteiger partial charge in [0.15, 0.2) is 0 Å². The summed E-state index contributed by atoms with van der Waals surface area (Å²) in [5.41, 5.74) is 1.12. The zero-order valence-corrected chi connectivity index (χ0v) is 21.6. The Morgan fingerprint density at radius 2 is 1.53 bits per heavy atom. The van der Waals surface area contributed by atoms with E-state index < -0.39 is 5.97 Å². The minimum atomic E-state index is -1.09. The fourth-order valence-corrected chi connectivity index (χ4v) is 5.90. The van der Waals surface area contributed by atoms with Gasteiger partial charge < -0.3 is 20.3 Å². The number of hydrogen-bond acceptors (Lipinski definition) is 5. The third kappa shape index (κ3) is 6.54. The molecule has 0 saturated heterocycles. The highest BCUT2D eigenvalue weighted by Gasteiger charge is 2.20. The number of benzene rings is 4. The van der Waals surface area contributed by atoms with E-state index >= 15 is 0 Å². The van der Waals surface area contributed by atoms with E-state index in [1.54, 1.807) is 18.2 Å². The second-order valence-electron chi connectivity index (χ2n) is 9.54. The molecule has 0 aliphatic heterocycles. The molecule has 0 bridgehead atoms. The number of rotatable bonds is 8. The lowest BCUT2D eigenvalue weighted by Crippen LogP contribution is -2.19. The number of carboxylic acid groups (broad SMARTS) is 1. The van der Waals surface area contributed by atoms with Crippen LogP contribution in [0, 0.1) is 0 Å². The molecule has 1 aliphatic rings. The van der Waals surface area contributed by atoms with Crippen molar-refractivity contribution in [3.05, 3.63) is 96.1 Å². The van der Waals surface area contributed by atoms with Crippen molar-refractivity contribution in [2.75, 3.05) is 5.32 Å². The van der Waals surface area contributed by atoms with E-state index in [-0.39, 0.29) is 29.7 Å². The van der Waals surface area contributed by atoms with Crippen molar-refractivity contribution in [1.29, 1.82) is 0 Å². The number of anilines is 1. The molecule has 0 heterocycles. The fourth-order valence-electron chi connectivity index (χ4n) is 4.66. The minimum absolute atomic E-state index is 0.0555. The summed E-state index contributed by atoms with van der Waals surface area (Å²) in [6.07, 6.45) is 3.87. The van der Waals surface area contributed by atoms with E-state index in [1.165, 1.54) is 11.0 Å². The van der Waals surface area contributed by atoms with Crippen molar-refractivity contribution in [2.45, 2.75) is 48.4 Å². The third-order valence-corrected chi connectivity index (χ3v) is 8.02. The summed E-state index contributed by atoms with van der Waals surface area (Å²) < 4.78 is 6.05. The molecule has 1 saturated carbocycles. The van der Waals surface area contributed by atoms with Crippen molar-refractivity contribution in [3.8, 4) is 11.5 Å². The highest BCUT2D eigenvalue weighted by Crippen LogP contribution is 2.36. The number of thioether (sulfide) groups is 1. The summed E-state index contributed by atoms with van der Waals surface area (Å²) in [6.45, 7) is 0. The number of hydrogen-bond donors (Lipinski definition) is 3. The summed E-state index contributed by atoms with van der Waals surface area (Å²) in [4.78, 5) is 25.1. The van der Waals surface area contributed by atoms with Crippen molar-refractivity contribution in [2.24, 2.45) is 0 Å². The van der Waals surface area contributed by atoms with Crippen LogP contribution in [0.1, 0.15) is 41.6 Å². The van der Waals surface area contributed by atoms with Gasteiger partial charge >= 0.3 is 5.97 Å². The van der Waals surface area contributed by atoms with Crippen molar-refractivity contribution >= 4 is 40.1 Å². The van der Waals surface area contributed by atoms with Gasteiger partial charge in [-0.2, -0.15) is 0 Å². The van der Waals surface area contributed by atoms with E-state index in [1.807, 2.05) is 48.2 Å². The van der Waals surface area contributed by atoms with Crippen LogP contribution in [-0.4, -0.2) is 33.4 Å². The molecule has 1 fully saturated rings. The van der Waals surface area contributed by atoms with Crippen LogP contribution in [0.4, 0.5) is 5.69 Å². The molecule has 1 amide bonds. The van der Waals surface area contributed by atoms with Crippen LogP contribution in [0.5, 0.6) is 11.5 Å². The van der Waals surface area contributed by atoms with Gasteiger partial charge in [0.05, 0.1) is 23.8 Å². The van der Waals surface area contributed by atoms with Crippen LogP contribution in [0.15, 0.2) is 89.8 Å². The maximum Gasteiger partial charge on any atom is 0.337 e. The molecule has 0 spiro atoms. The van der Waals surface area contributed by atoms with Gasteiger partial charge in [-0.25, -0.2) is 4.79 Å². The molecular weight excluding hydrogens is 498 g/mol. The smallest absolute Gasteiger partial charge is 0.337 e. The molecule has 3 N–H and O–H groups in total. The molecule has 1 aliphatic carbocycles. The van der Waals surface area contributed by atoms with Crippen LogP contribution in [0.25, 0.3) is 10.8 Å². The number of ether oxygens (including phenoxy) is 1. The van der Waals surface area contributed by atoms with Crippen molar-refractivity contribution < 1.29 is 24.5 Å². The zero-order valence-electron chi connectivity index (χ0n) is 20.8. The molecule has 0 unspecified atom stereocenters. The first-order chi connectivity index (χ1) is 18.4. The average molecular weight is 528 g/mol. The molecule has 7 heteroatoms. The van der Waals surface area contributed by atoms with Crippen LogP contribution in [0.2, 0.25) is 0 Å². The molecule has 0 aromatic heterocycles. The average Bonchev–Trinajstić information content (AvgIpc) is 2.91. The maximum atomic E-state index is 12.5. The lowest BCUT2D eigenvalue weighted by Gasteiger charge is -2.24. The summed E-state index contributed by atoms with van der Waals surface area (Å²) in [6, 6.07) is 26.1. The van der Waals surface area contributed by atoms with E-state index in [4.69, 9.17) is 4.74 Å². The van der Waals surface area contributed by atoms with Gasteiger partial charge in [0, 0.05) is 10.1 Å². The molecule has 5 rings (SSSR count). The topological polar surface area (TPSA) is 95.9 Å². The van der Waals surface area contributed by atoms with Crippen LogP contribution < -0.4 is 10.1 Å². The fraction of sp³-hybridized carbons (Fsp3) is 0.226. The molecule has 0 atom stereocenters. The Kier molecular flexibility index (Phi) is 7.96. The predicted molar refractivity (Wildman–Crippen MR) is 150 cm³/mol. The first-order valence-electron chi connectivity index (χ1n) is 12.7. The summed E-state index contributed by atoms with van der Waals surface area (Å²) in [7, 11) is 0. The van der Waals surface area contributed by atoms with E-state index in [9.17, 15) is 19.8 Å². The lowest BCUT2D eigenvalue weighted by molar-refractivity contribution is -0.115. The van der Waals surface area contributed by atoms with Gasteiger partial charge in [-0.05, 0) is 90.6 Å². The Hall–Kier alpha value is -3.81. The second kappa shape index (κ2) is 11.7. The third-order valence-electron chi connectivity index (χ3n) is 6.68. The molecule has 0 radical (unpaired) electrons. The van der Waals surface area contributed by atoms with E-state index in [2.05, 4.69) is 29.6 Å². The Morgan fingerprint density at radius 3 is 2.29 bits per heavy atom. The van der Waals surface area contributed by atoms with Gasteiger partial charge in [0.1, 0.15) is 11.5 Å². The maximum absolute atomic E-state index is 12.5. The normalized spacial score (nSPS) is 17.2. The van der Waals surface area contributed by atoms with Gasteiger partial charge in [-0.3, -0.25) is 4.79 Å². The van der Waals surface area contributed by atoms with Crippen LogP contribution >= 0.6 is 11.8 Å². The SMILES string of the molecule is O=C(Cc1ccc(Oc2ccc3cc(SC4CCC(O)CC4)ccc3c2)cc1)Nc1ccccc1C(=O)O. The van der Waals surface area contributed by atoms with Gasteiger partial charge in [-0.15, -0.1) is 11.8 Å². The summed E-state index contributed by atoms with van der Waals surface area (Å²) in [5.74, 6) is 0.0169. The zero-order chi connectivity index (χ0) is 26.5. The molecule has 6 nitrogen and oxygen atoms in total. The molecule has 38 heavy (non-hydrogen) atoms. The van der Waals surface area contributed by atoms with E-state index in [0.717, 1.165) is 47.8 Å². The number of amides is 1. The Morgan fingerprint density at radius 1 is 0.842 bits per heavy atom. The number of aliphatic hydroxyl groups excluding tert-OH is 1. The largest absolute Gasteiger partial charge is 0.478 e. The van der Waals surface area contributed by atoms with Crippen LogP contribution in [0.3, 0.4) is 0 Å². The Balaban J connectivity index is 1.18. The number of carboxylic acids is 1. The number of carbonyl (C=O) groups is 2.